The summed E-state index contributed by atoms with van der Waals surface area (Å²) >= 11 is 1.60. The largest absolute Gasteiger partial charge is 0.332 e. The van der Waals surface area contributed by atoms with Gasteiger partial charge in [0.15, 0.2) is 5.82 Å². The van der Waals surface area contributed by atoms with Crippen LogP contribution < -0.4 is 0 Å². The van der Waals surface area contributed by atoms with Gasteiger partial charge in [-0.1, -0.05) is 0 Å². The van der Waals surface area contributed by atoms with Crippen molar-refractivity contribution in [2.75, 3.05) is 0 Å². The first kappa shape index (κ1) is 9.15. The van der Waals surface area contributed by atoms with Crippen LogP contribution in [-0.2, 0) is 13.5 Å². The van der Waals surface area contributed by atoms with E-state index in [0.717, 1.165) is 5.56 Å². The lowest BCUT2D eigenvalue weighted by atomic mass is 10.2. The number of aromatic nitrogens is 2. The van der Waals surface area contributed by atoms with Gasteiger partial charge in [-0.15, -0.1) is 0 Å². The van der Waals surface area contributed by atoms with Crippen LogP contribution in [0.4, 0.5) is 0 Å². The standard InChI is InChI=1S/C10H10N2OS/c1-12-4-3-11-10(12)9(13)6-8-2-5-14-7-8/h2-5,7H,6H2,1H3. The van der Waals surface area contributed by atoms with E-state index in [1.165, 1.54) is 0 Å². The number of carbonyl (C=O) groups excluding carboxylic acids is 1. The van der Waals surface area contributed by atoms with Gasteiger partial charge in [0, 0.05) is 25.9 Å². The summed E-state index contributed by atoms with van der Waals surface area (Å²) in [5, 5.41) is 3.96. The average Bonchev–Trinajstić information content (AvgIpc) is 2.75. The van der Waals surface area contributed by atoms with Crippen molar-refractivity contribution in [3.63, 3.8) is 0 Å². The maximum absolute atomic E-state index is 11.7. The first-order valence-corrected chi connectivity index (χ1v) is 5.23. The van der Waals surface area contributed by atoms with Gasteiger partial charge in [-0.2, -0.15) is 11.3 Å². The van der Waals surface area contributed by atoms with Crippen LogP contribution in [-0.4, -0.2) is 15.3 Å². The molecule has 0 amide bonds. The zero-order valence-electron chi connectivity index (χ0n) is 7.80. The normalized spacial score (nSPS) is 10.4. The van der Waals surface area contributed by atoms with Crippen molar-refractivity contribution in [2.45, 2.75) is 6.42 Å². The third-order valence-electron chi connectivity index (χ3n) is 2.02. The smallest absolute Gasteiger partial charge is 0.202 e. The third kappa shape index (κ3) is 1.75. The molecular formula is C10H10N2OS. The second-order valence-electron chi connectivity index (χ2n) is 3.09. The van der Waals surface area contributed by atoms with Crippen LogP contribution in [0, 0.1) is 0 Å². The van der Waals surface area contributed by atoms with E-state index in [1.807, 2.05) is 23.9 Å². The Balaban J connectivity index is 2.14. The second-order valence-corrected chi connectivity index (χ2v) is 3.87. The highest BCUT2D eigenvalue weighted by molar-refractivity contribution is 7.08. The Morgan fingerprint density at radius 3 is 3.07 bits per heavy atom. The van der Waals surface area contributed by atoms with E-state index in [0.29, 0.717) is 12.2 Å². The quantitative estimate of drug-likeness (QED) is 0.719. The fourth-order valence-corrected chi connectivity index (χ4v) is 1.96. The number of thiophene rings is 1. The van der Waals surface area contributed by atoms with E-state index >= 15 is 0 Å². The van der Waals surface area contributed by atoms with Crippen LogP contribution in [0.5, 0.6) is 0 Å². The molecule has 3 nitrogen and oxygen atoms in total. The topological polar surface area (TPSA) is 34.9 Å². The molecule has 0 aliphatic rings. The van der Waals surface area contributed by atoms with Crippen LogP contribution in [0.15, 0.2) is 29.2 Å². The van der Waals surface area contributed by atoms with E-state index in [9.17, 15) is 4.79 Å². The Morgan fingerprint density at radius 2 is 2.50 bits per heavy atom. The number of nitrogens with zero attached hydrogens (tertiary/aromatic N) is 2. The molecule has 0 bridgehead atoms. The van der Waals surface area contributed by atoms with Crippen molar-refractivity contribution in [2.24, 2.45) is 7.05 Å². The molecule has 0 unspecified atom stereocenters. The Labute approximate surface area is 86.0 Å². The first-order valence-electron chi connectivity index (χ1n) is 4.29. The summed E-state index contributed by atoms with van der Waals surface area (Å²) in [6.45, 7) is 0. The van der Waals surface area contributed by atoms with E-state index in [4.69, 9.17) is 0 Å². The minimum Gasteiger partial charge on any atom is -0.332 e. The zero-order valence-corrected chi connectivity index (χ0v) is 8.62. The van der Waals surface area contributed by atoms with Gasteiger partial charge in [0.05, 0.1) is 0 Å². The molecule has 0 fully saturated rings. The number of hydrogen-bond acceptors (Lipinski definition) is 3. The Kier molecular flexibility index (Phi) is 2.45. The molecule has 0 atom stereocenters. The number of imidazole rings is 1. The van der Waals surface area contributed by atoms with Crippen LogP contribution in [0.25, 0.3) is 0 Å². The molecule has 0 aromatic carbocycles. The fourth-order valence-electron chi connectivity index (χ4n) is 1.29. The number of ketones is 1. The molecule has 0 N–H and O–H groups in total. The lowest BCUT2D eigenvalue weighted by Crippen LogP contribution is -2.09. The lowest BCUT2D eigenvalue weighted by Gasteiger charge is -1.98. The third-order valence-corrected chi connectivity index (χ3v) is 2.75. The van der Waals surface area contributed by atoms with Gasteiger partial charge in [0.1, 0.15) is 0 Å². The maximum atomic E-state index is 11.7. The summed E-state index contributed by atoms with van der Waals surface area (Å²) in [6, 6.07) is 1.96. The number of rotatable bonds is 3. The second kappa shape index (κ2) is 3.75. The van der Waals surface area contributed by atoms with Crippen LogP contribution in [0.2, 0.25) is 0 Å². The van der Waals surface area contributed by atoms with Crippen LogP contribution in [0.1, 0.15) is 16.2 Å². The van der Waals surface area contributed by atoms with Crippen molar-refractivity contribution in [3.8, 4) is 0 Å². The number of Topliss-reactive ketones (excluding diaryl/α,β-unsaturated/α-hetero) is 1. The van der Waals surface area contributed by atoms with Crippen LogP contribution in [0.3, 0.4) is 0 Å². The summed E-state index contributed by atoms with van der Waals surface area (Å²) in [6.07, 6.45) is 3.86. The minimum absolute atomic E-state index is 0.0656. The lowest BCUT2D eigenvalue weighted by molar-refractivity contribution is 0.0980. The van der Waals surface area contributed by atoms with E-state index in [-0.39, 0.29) is 5.78 Å². The maximum Gasteiger partial charge on any atom is 0.202 e. The molecule has 2 heterocycles. The van der Waals surface area contributed by atoms with E-state index < -0.39 is 0 Å². The SMILES string of the molecule is Cn1ccnc1C(=O)Cc1ccsc1. The fraction of sp³-hybridized carbons (Fsp3) is 0.200. The van der Waals surface area contributed by atoms with Crippen molar-refractivity contribution in [1.82, 2.24) is 9.55 Å². The predicted octanol–water partition coefficient (Wildman–Crippen LogP) is 1.91. The highest BCUT2D eigenvalue weighted by atomic mass is 32.1. The molecule has 0 aliphatic heterocycles. The molecule has 2 aromatic rings. The summed E-state index contributed by atoms with van der Waals surface area (Å²) in [5.41, 5.74) is 1.06. The molecule has 2 rings (SSSR count). The van der Waals surface area contributed by atoms with Gasteiger partial charge in [-0.3, -0.25) is 4.79 Å². The summed E-state index contributed by atoms with van der Waals surface area (Å²) in [5.74, 6) is 0.590. The molecule has 72 valence electrons. The van der Waals surface area contributed by atoms with Crippen LogP contribution >= 0.6 is 11.3 Å². The first-order chi connectivity index (χ1) is 6.77. The number of hydrogen-bond donors (Lipinski definition) is 0. The van der Waals surface area contributed by atoms with Crippen molar-refractivity contribution in [3.05, 3.63) is 40.6 Å². The Hall–Kier alpha value is -1.42. The average molecular weight is 206 g/mol. The van der Waals surface area contributed by atoms with Gasteiger partial charge in [-0.05, 0) is 22.4 Å². The molecular weight excluding hydrogens is 196 g/mol. The van der Waals surface area contributed by atoms with E-state index in [1.54, 1.807) is 28.3 Å². The highest BCUT2D eigenvalue weighted by Gasteiger charge is 2.11. The molecule has 0 saturated heterocycles. The van der Waals surface area contributed by atoms with E-state index in [2.05, 4.69) is 4.98 Å². The Bertz CT molecular complexity index is 431. The van der Waals surface area contributed by atoms with Gasteiger partial charge in [0.25, 0.3) is 0 Å². The van der Waals surface area contributed by atoms with Gasteiger partial charge < -0.3 is 4.57 Å². The summed E-state index contributed by atoms with van der Waals surface area (Å²) in [4.78, 5) is 15.7. The monoisotopic (exact) mass is 206 g/mol. The summed E-state index contributed by atoms with van der Waals surface area (Å²) < 4.78 is 1.74. The summed E-state index contributed by atoms with van der Waals surface area (Å²) in [7, 11) is 1.83. The predicted molar refractivity (Wildman–Crippen MR) is 55.6 cm³/mol. The molecule has 2 aromatic heterocycles. The van der Waals surface area contributed by atoms with Gasteiger partial charge in [-0.25, -0.2) is 4.98 Å². The van der Waals surface area contributed by atoms with Crippen molar-refractivity contribution >= 4 is 17.1 Å². The molecule has 14 heavy (non-hydrogen) atoms. The zero-order chi connectivity index (χ0) is 9.97. The van der Waals surface area contributed by atoms with Gasteiger partial charge in [0.2, 0.25) is 5.78 Å². The number of aryl methyl sites for hydroxylation is 1. The molecule has 0 aliphatic carbocycles. The molecule has 4 heteroatoms. The highest BCUT2D eigenvalue weighted by Crippen LogP contribution is 2.09. The molecule has 0 saturated carbocycles. The Morgan fingerprint density at radius 1 is 1.64 bits per heavy atom. The molecule has 0 spiro atoms. The van der Waals surface area contributed by atoms with Crippen molar-refractivity contribution in [1.29, 1.82) is 0 Å². The molecule has 0 radical (unpaired) electrons. The van der Waals surface area contributed by atoms with Crippen molar-refractivity contribution < 1.29 is 4.79 Å². The van der Waals surface area contributed by atoms with Gasteiger partial charge >= 0.3 is 0 Å². The number of carbonyl (C=O) groups is 1. The minimum atomic E-state index is 0.0656.